The number of nitrogen functional groups attached to an aromatic ring is 4. The van der Waals surface area contributed by atoms with Gasteiger partial charge in [0, 0.05) is 72.4 Å². The van der Waals surface area contributed by atoms with Crippen LogP contribution in [0.15, 0.2) is 249 Å². The first-order valence-electron chi connectivity index (χ1n) is 39.6. The van der Waals surface area contributed by atoms with Gasteiger partial charge in [0.05, 0.1) is 93.2 Å². The average Bonchev–Trinajstić information content (AvgIpc) is 1.59. The highest BCUT2D eigenvalue weighted by Crippen LogP contribution is 2.43. The lowest BCUT2D eigenvalue weighted by Gasteiger charge is -2.22. The summed E-state index contributed by atoms with van der Waals surface area (Å²) in [5, 5.41) is 32.7. The van der Waals surface area contributed by atoms with E-state index in [1.165, 1.54) is 55.3 Å². The number of benzene rings is 13. The van der Waals surface area contributed by atoms with Crippen molar-refractivity contribution in [3.05, 3.63) is 368 Å². The van der Waals surface area contributed by atoms with Gasteiger partial charge in [-0.2, -0.15) is 0 Å². The molecule has 0 saturated carbocycles. The summed E-state index contributed by atoms with van der Waals surface area (Å²) in [6.07, 6.45) is 2.56. The Morgan fingerprint density at radius 2 is 0.465 bits per heavy atom. The number of esters is 2. The second-order valence-corrected chi connectivity index (χ2v) is 30.7. The molecule has 1 fully saturated rings. The van der Waals surface area contributed by atoms with Gasteiger partial charge in [-0.15, -0.1) is 0 Å². The Labute approximate surface area is 724 Å². The molecule has 13 aromatic carbocycles. The summed E-state index contributed by atoms with van der Waals surface area (Å²) in [6, 6.07) is 67.3. The Balaban J connectivity index is 0.000000143. The first-order valence-corrected chi connectivity index (χ1v) is 39.6. The molecule has 29 heteroatoms. The van der Waals surface area contributed by atoms with Crippen molar-refractivity contribution in [2.45, 2.75) is 54.4 Å². The number of imide groups is 4. The molecule has 127 heavy (non-hydrogen) atoms. The van der Waals surface area contributed by atoms with E-state index in [0.29, 0.717) is 112 Å². The second kappa shape index (κ2) is 34.4. The zero-order valence-corrected chi connectivity index (χ0v) is 68.8. The van der Waals surface area contributed by atoms with Crippen molar-refractivity contribution in [3.8, 4) is 55.6 Å². The maximum absolute atomic E-state index is 13.7. The van der Waals surface area contributed by atoms with Gasteiger partial charge in [0.1, 0.15) is 0 Å². The van der Waals surface area contributed by atoms with E-state index in [-0.39, 0.29) is 50.4 Å². The molecule has 19 rings (SSSR count). The molecule has 6 aliphatic heterocycles. The van der Waals surface area contributed by atoms with E-state index in [2.05, 4.69) is 4.74 Å². The number of fused-ring (bicyclic) bond motifs is 5. The van der Waals surface area contributed by atoms with Gasteiger partial charge in [-0.25, -0.2) is 29.2 Å². The molecule has 0 bridgehead atoms. The lowest BCUT2D eigenvalue weighted by molar-refractivity contribution is -0.385. The maximum atomic E-state index is 13.7. The number of hydrogen-bond donors (Lipinski definition) is 4. The highest BCUT2D eigenvalue weighted by molar-refractivity contribution is 6.38. The Morgan fingerprint density at radius 1 is 0.252 bits per heavy atom. The monoisotopic (exact) mass is 1690 g/mol. The van der Waals surface area contributed by atoms with Crippen LogP contribution in [0.2, 0.25) is 0 Å². The predicted molar refractivity (Wildman–Crippen MR) is 479 cm³/mol. The molecule has 29 nitrogen and oxygen atoms in total. The number of non-ortho nitro benzene ring substituents is 3. The number of aryl methyl sites for hydroxylation is 6. The van der Waals surface area contributed by atoms with Gasteiger partial charge in [0.2, 0.25) is 0 Å². The number of ether oxygens (including phenoxy) is 2. The number of nitro groups is 3. The lowest BCUT2D eigenvalue weighted by atomic mass is 10.00. The molecule has 1 saturated heterocycles. The molecular formula is C98H75N11O18. The van der Waals surface area contributed by atoms with Gasteiger partial charge < -0.3 is 32.4 Å². The minimum absolute atomic E-state index is 0.00972. The number of amides is 8. The molecule has 0 radical (unpaired) electrons. The third kappa shape index (κ3) is 16.5. The Bertz CT molecular complexity index is 6540. The minimum atomic E-state index is -0.672. The van der Waals surface area contributed by atoms with E-state index in [0.717, 1.165) is 77.6 Å². The zero-order valence-electron chi connectivity index (χ0n) is 68.8. The summed E-state index contributed by atoms with van der Waals surface area (Å²) in [6.45, 7) is 12.7. The van der Waals surface area contributed by atoms with Gasteiger partial charge in [-0.1, -0.05) is 54.6 Å². The molecule has 0 spiro atoms. The Kier molecular flexibility index (Phi) is 23.0. The number of hydrogen-bond acceptors (Lipinski definition) is 22. The summed E-state index contributed by atoms with van der Waals surface area (Å²) in [4.78, 5) is 167. The topological polar surface area (TPSA) is 436 Å². The number of cyclic esters (lactones) is 2. The highest BCUT2D eigenvalue weighted by Gasteiger charge is 2.44. The first kappa shape index (κ1) is 84.9. The number of carbonyl (C=O) groups excluding carboxylic acids is 10. The smallest absolute Gasteiger partial charge is 0.346 e. The quantitative estimate of drug-likeness (QED) is 0.0220. The van der Waals surface area contributed by atoms with Crippen LogP contribution in [0.5, 0.6) is 0 Å². The molecular weight excluding hydrogens is 1620 g/mol. The third-order valence-corrected chi connectivity index (χ3v) is 22.4. The van der Waals surface area contributed by atoms with E-state index >= 15 is 0 Å². The SMILES string of the molecule is C1CCOC1.Cc1cc(N)c(C)cc1N.Cc1cc(N2C(=O)c3ccc(-c4ccc(N)cc4)cc3C2=O)c(C)cc1N1C(=O)c2ccc(-c3ccc(N)cc3)cc2C1=O.Cc1cc(N2C(=O)c3ccc(-c4ccc([N+](=O)[O-])cc4)cc3C2=O)c(C)cc1N1C(=O)c2ccc(-c3ccc([N+](=O)[O-])cc3)cc2C1=O.O=C1OC(=O)c2cc(-c3ccc([N+](=O)[O-])cc3)ccc21. The standard InChI is InChI=1S/C36H22N4O8.C36H26N4O4.C14H7NO5.C8H12N2.C4H8O/c1-19-15-32(38-34(42)28-14-8-24(18-30(28)36(38)44)22-5-11-26(12-6-22)40(47)48)20(2)16-31(19)37-33(41)27-13-7-23(17-29(27)35(37)43)21-3-9-25(10-4-21)39(45)46;1-19-15-32(40-34(42)28-14-8-24(18-30(28)36(40)44)22-5-11-26(38)12-6-22)20(2)16-31(19)39-33(41)27-13-7-23(17-29(27)35(39)43)21-3-9-25(37)10-4-21;16-13-11-6-3-9(7-12(11)14(17)20-13)8-1-4-10(5-2-8)15(18)19;1-5-3-8(10)6(2)4-7(5)9;1-2-4-5-3-1/h3-18H,1-2H3;3-18H,37-38H2,1-2H3;1-7H;3-4H,9-10H2,1-2H3;1-4H2. The predicted octanol–water partition coefficient (Wildman–Crippen LogP) is 18.3. The zero-order chi connectivity index (χ0) is 90.4. The molecule has 6 aliphatic rings. The van der Waals surface area contributed by atoms with Crippen molar-refractivity contribution in [1.82, 2.24) is 0 Å². The maximum Gasteiger partial charge on any atom is 0.346 e. The van der Waals surface area contributed by atoms with E-state index < -0.39 is 74.0 Å². The molecule has 0 aliphatic carbocycles. The van der Waals surface area contributed by atoms with Crippen LogP contribution < -0.4 is 42.5 Å². The van der Waals surface area contributed by atoms with Crippen LogP contribution in [0.3, 0.4) is 0 Å². The average molecular weight is 1690 g/mol. The van der Waals surface area contributed by atoms with Crippen LogP contribution in [0.4, 0.5) is 62.6 Å². The van der Waals surface area contributed by atoms with Gasteiger partial charge in [0.25, 0.3) is 64.3 Å². The summed E-state index contributed by atoms with van der Waals surface area (Å²) < 4.78 is 9.45. The van der Waals surface area contributed by atoms with Gasteiger partial charge in [-0.05, 0) is 301 Å². The number of anilines is 8. The second-order valence-electron chi connectivity index (χ2n) is 30.7. The number of nitro benzene ring substituents is 3. The van der Waals surface area contributed by atoms with Crippen molar-refractivity contribution in [2.24, 2.45) is 0 Å². The van der Waals surface area contributed by atoms with Crippen molar-refractivity contribution >= 4 is 122 Å². The normalized spacial score (nSPS) is 13.7. The largest absolute Gasteiger partial charge is 0.399 e. The fourth-order valence-electron chi connectivity index (χ4n) is 15.4. The van der Waals surface area contributed by atoms with Gasteiger partial charge in [0.15, 0.2) is 0 Å². The number of nitrogens with two attached hydrogens (primary N) is 4. The van der Waals surface area contributed by atoms with Crippen LogP contribution in [-0.2, 0) is 9.47 Å². The van der Waals surface area contributed by atoms with Crippen molar-refractivity contribution in [1.29, 1.82) is 0 Å². The lowest BCUT2D eigenvalue weighted by Crippen LogP contribution is -2.32. The summed E-state index contributed by atoms with van der Waals surface area (Å²) >= 11 is 0. The van der Waals surface area contributed by atoms with Crippen LogP contribution in [0.1, 0.15) is 150 Å². The molecule has 8 amide bonds. The number of rotatable bonds is 12. The molecule has 0 atom stereocenters. The Morgan fingerprint density at radius 3 is 0.701 bits per heavy atom. The highest BCUT2D eigenvalue weighted by atomic mass is 16.6. The van der Waals surface area contributed by atoms with E-state index in [4.69, 9.17) is 27.7 Å². The summed E-state index contributed by atoms with van der Waals surface area (Å²) in [7, 11) is 0. The number of nitrogens with zero attached hydrogens (tertiary/aromatic N) is 7. The van der Waals surface area contributed by atoms with E-state index in [1.807, 2.05) is 50.2 Å². The number of carbonyl (C=O) groups is 10. The molecule has 630 valence electrons. The Hall–Kier alpha value is -17.1. The molecule has 13 aromatic rings. The van der Waals surface area contributed by atoms with Gasteiger partial charge >= 0.3 is 11.9 Å². The molecule has 0 unspecified atom stereocenters. The van der Waals surface area contributed by atoms with Crippen LogP contribution >= 0.6 is 0 Å². The van der Waals surface area contributed by atoms with Crippen molar-refractivity contribution in [2.75, 3.05) is 55.7 Å². The van der Waals surface area contributed by atoms with Gasteiger partial charge in [-0.3, -0.25) is 68.7 Å². The van der Waals surface area contributed by atoms with Crippen LogP contribution in [0, 0.1) is 71.9 Å². The minimum Gasteiger partial charge on any atom is -0.399 e. The molecule has 0 aromatic heterocycles. The van der Waals surface area contributed by atoms with Crippen molar-refractivity contribution in [3.63, 3.8) is 0 Å². The van der Waals surface area contributed by atoms with E-state index in [1.54, 1.807) is 198 Å². The summed E-state index contributed by atoms with van der Waals surface area (Å²) in [5.74, 6) is -5.21. The third-order valence-electron chi connectivity index (χ3n) is 22.4. The van der Waals surface area contributed by atoms with Crippen LogP contribution in [-0.4, -0.2) is 87.2 Å². The van der Waals surface area contributed by atoms with Crippen LogP contribution in [0.25, 0.3) is 55.6 Å². The molecule has 8 N–H and O–H groups in total. The first-order chi connectivity index (χ1) is 60.7. The fourth-order valence-corrected chi connectivity index (χ4v) is 15.4. The van der Waals surface area contributed by atoms with Crippen molar-refractivity contribution < 1.29 is 72.2 Å². The fraction of sp³-hybridized carbons (Fsp3) is 0.102. The van der Waals surface area contributed by atoms with E-state index in [9.17, 15) is 78.3 Å². The summed E-state index contributed by atoms with van der Waals surface area (Å²) in [5.41, 5.74) is 40.9. The molecule has 6 heterocycles.